The number of thioether (sulfide) groups is 1. The van der Waals surface area contributed by atoms with Gasteiger partial charge in [-0.25, -0.2) is 0 Å². The Morgan fingerprint density at radius 2 is 1.29 bits per heavy atom. The Bertz CT molecular complexity index is 1180. The smallest absolute Gasteiger partial charge is 0.196 e. The van der Waals surface area contributed by atoms with E-state index in [1.807, 2.05) is 72.2 Å². The number of aromatic nitrogens is 3. The molecular weight excluding hydrogens is 493 g/mol. The number of hydrogen-bond acceptors (Lipinski definition) is 6. The monoisotopic (exact) mass is 515 g/mol. The largest absolute Gasteiger partial charge is 0.494 e. The molecule has 0 atom stereocenters. The minimum atomic E-state index is 0.255. The molecule has 1 heterocycles. The Labute approximate surface area is 212 Å². The summed E-state index contributed by atoms with van der Waals surface area (Å²) >= 11 is 13.6. The van der Waals surface area contributed by atoms with Crippen LogP contribution < -0.4 is 14.2 Å². The minimum absolute atomic E-state index is 0.255. The first kappa shape index (κ1) is 24.3. The summed E-state index contributed by atoms with van der Waals surface area (Å²) in [6.45, 7) is 3.34. The van der Waals surface area contributed by atoms with E-state index in [-0.39, 0.29) is 6.61 Å². The van der Waals surface area contributed by atoms with E-state index in [1.54, 1.807) is 23.9 Å². The molecule has 0 N–H and O–H groups in total. The molecule has 0 amide bonds. The maximum atomic E-state index is 6.09. The highest BCUT2D eigenvalue weighted by atomic mass is 35.5. The quantitative estimate of drug-likeness (QED) is 0.163. The SMILES string of the molecule is CCOc1ccc(OCc2nnc(SCCOc3ccc(Cl)cc3)n2-c2ccc(Cl)cc2)cc1. The van der Waals surface area contributed by atoms with Gasteiger partial charge in [-0.2, -0.15) is 0 Å². The van der Waals surface area contributed by atoms with E-state index in [0.717, 1.165) is 28.1 Å². The first-order valence-electron chi connectivity index (χ1n) is 10.7. The van der Waals surface area contributed by atoms with Crippen LogP contribution in [0.2, 0.25) is 10.0 Å². The molecule has 0 aliphatic rings. The lowest BCUT2D eigenvalue weighted by molar-refractivity contribution is 0.291. The normalized spacial score (nSPS) is 10.8. The Kier molecular flexibility index (Phi) is 8.57. The van der Waals surface area contributed by atoms with Crippen molar-refractivity contribution in [1.29, 1.82) is 0 Å². The number of halogens is 2. The van der Waals surface area contributed by atoms with E-state index in [9.17, 15) is 0 Å². The number of benzene rings is 3. The summed E-state index contributed by atoms with van der Waals surface area (Å²) in [6, 6.07) is 22.3. The lowest BCUT2D eigenvalue weighted by atomic mass is 10.3. The van der Waals surface area contributed by atoms with Gasteiger partial charge in [-0.1, -0.05) is 35.0 Å². The molecule has 4 aromatic rings. The van der Waals surface area contributed by atoms with E-state index in [2.05, 4.69) is 10.2 Å². The van der Waals surface area contributed by atoms with E-state index in [1.165, 1.54) is 0 Å². The molecule has 0 aliphatic carbocycles. The van der Waals surface area contributed by atoms with Crippen LogP contribution in [0.5, 0.6) is 17.2 Å². The molecule has 6 nitrogen and oxygen atoms in total. The average Bonchev–Trinajstić information content (AvgIpc) is 3.26. The summed E-state index contributed by atoms with van der Waals surface area (Å²) in [7, 11) is 0. The van der Waals surface area contributed by atoms with Gasteiger partial charge < -0.3 is 14.2 Å². The van der Waals surface area contributed by atoms with Crippen molar-refractivity contribution in [2.24, 2.45) is 0 Å². The van der Waals surface area contributed by atoms with Gasteiger partial charge in [0.25, 0.3) is 0 Å². The van der Waals surface area contributed by atoms with Crippen molar-refractivity contribution in [2.75, 3.05) is 19.0 Å². The molecule has 0 unspecified atom stereocenters. The van der Waals surface area contributed by atoms with Crippen molar-refractivity contribution < 1.29 is 14.2 Å². The molecule has 4 rings (SSSR count). The lowest BCUT2D eigenvalue weighted by Crippen LogP contribution is -2.07. The molecule has 0 saturated carbocycles. The van der Waals surface area contributed by atoms with Gasteiger partial charge >= 0.3 is 0 Å². The van der Waals surface area contributed by atoms with Crippen LogP contribution in [0.4, 0.5) is 0 Å². The Morgan fingerprint density at radius 3 is 1.94 bits per heavy atom. The van der Waals surface area contributed by atoms with Gasteiger partial charge in [0.1, 0.15) is 23.9 Å². The topological polar surface area (TPSA) is 58.4 Å². The van der Waals surface area contributed by atoms with Gasteiger partial charge in [0.2, 0.25) is 0 Å². The summed E-state index contributed by atoms with van der Waals surface area (Å²) in [6.07, 6.45) is 0. The van der Waals surface area contributed by atoms with Gasteiger partial charge in [0.05, 0.1) is 13.2 Å². The van der Waals surface area contributed by atoms with Crippen molar-refractivity contribution in [2.45, 2.75) is 18.7 Å². The molecule has 0 saturated heterocycles. The maximum Gasteiger partial charge on any atom is 0.196 e. The number of nitrogens with zero attached hydrogens (tertiary/aromatic N) is 3. The molecule has 176 valence electrons. The van der Waals surface area contributed by atoms with Crippen molar-refractivity contribution in [1.82, 2.24) is 14.8 Å². The summed E-state index contributed by atoms with van der Waals surface area (Å²) in [4.78, 5) is 0. The number of ether oxygens (including phenoxy) is 3. The van der Waals surface area contributed by atoms with Crippen molar-refractivity contribution in [3.05, 3.63) is 88.7 Å². The first-order valence-corrected chi connectivity index (χ1v) is 12.4. The number of hydrogen-bond donors (Lipinski definition) is 0. The van der Waals surface area contributed by atoms with Gasteiger partial charge in [0.15, 0.2) is 11.0 Å². The fraction of sp³-hybridized carbons (Fsp3) is 0.200. The third-order valence-electron chi connectivity index (χ3n) is 4.68. The molecule has 0 spiro atoms. The van der Waals surface area contributed by atoms with Crippen LogP contribution in [0.1, 0.15) is 12.7 Å². The molecular formula is C25H23Cl2N3O3S. The van der Waals surface area contributed by atoms with E-state index in [4.69, 9.17) is 37.4 Å². The fourth-order valence-electron chi connectivity index (χ4n) is 3.11. The second-order valence-electron chi connectivity index (χ2n) is 7.05. The van der Waals surface area contributed by atoms with Crippen molar-refractivity contribution in [3.63, 3.8) is 0 Å². The Hall–Kier alpha value is -2.87. The number of rotatable bonds is 11. The van der Waals surface area contributed by atoms with Crippen LogP contribution in [0.3, 0.4) is 0 Å². The van der Waals surface area contributed by atoms with Crippen LogP contribution in [0.15, 0.2) is 78.0 Å². The highest BCUT2D eigenvalue weighted by Crippen LogP contribution is 2.25. The van der Waals surface area contributed by atoms with Crippen LogP contribution in [-0.4, -0.2) is 33.7 Å². The molecule has 0 aliphatic heterocycles. The Balaban J connectivity index is 1.44. The van der Waals surface area contributed by atoms with Crippen LogP contribution >= 0.6 is 35.0 Å². The summed E-state index contributed by atoms with van der Waals surface area (Å²) < 4.78 is 19.2. The van der Waals surface area contributed by atoms with Crippen LogP contribution in [-0.2, 0) is 6.61 Å². The first-order chi connectivity index (χ1) is 16.6. The maximum absolute atomic E-state index is 6.09. The molecule has 0 fully saturated rings. The van der Waals surface area contributed by atoms with Gasteiger partial charge in [-0.15, -0.1) is 10.2 Å². The van der Waals surface area contributed by atoms with Crippen molar-refractivity contribution >= 4 is 35.0 Å². The third kappa shape index (κ3) is 6.59. The minimum Gasteiger partial charge on any atom is -0.494 e. The summed E-state index contributed by atoms with van der Waals surface area (Å²) in [5, 5.41) is 10.9. The van der Waals surface area contributed by atoms with E-state index < -0.39 is 0 Å². The molecule has 34 heavy (non-hydrogen) atoms. The second kappa shape index (κ2) is 12.0. The molecule has 3 aromatic carbocycles. The predicted octanol–water partition coefficient (Wildman–Crippen LogP) is 6.72. The second-order valence-corrected chi connectivity index (χ2v) is 8.99. The van der Waals surface area contributed by atoms with Gasteiger partial charge in [-0.05, 0) is 79.7 Å². The summed E-state index contributed by atoms with van der Waals surface area (Å²) in [5.74, 6) is 3.66. The lowest BCUT2D eigenvalue weighted by Gasteiger charge is -2.12. The van der Waals surface area contributed by atoms with E-state index >= 15 is 0 Å². The Morgan fingerprint density at radius 1 is 0.735 bits per heavy atom. The zero-order valence-electron chi connectivity index (χ0n) is 18.5. The zero-order valence-corrected chi connectivity index (χ0v) is 20.8. The third-order valence-corrected chi connectivity index (χ3v) is 6.08. The zero-order chi connectivity index (χ0) is 23.8. The predicted molar refractivity (Wildman–Crippen MR) is 136 cm³/mol. The molecule has 0 bridgehead atoms. The fourth-order valence-corrected chi connectivity index (χ4v) is 4.15. The van der Waals surface area contributed by atoms with Crippen LogP contribution in [0.25, 0.3) is 5.69 Å². The van der Waals surface area contributed by atoms with Crippen molar-refractivity contribution in [3.8, 4) is 22.9 Å². The van der Waals surface area contributed by atoms with Crippen LogP contribution in [0, 0.1) is 0 Å². The molecule has 0 radical (unpaired) electrons. The summed E-state index contributed by atoms with van der Waals surface area (Å²) in [5.41, 5.74) is 0.904. The van der Waals surface area contributed by atoms with Gasteiger partial charge in [0, 0.05) is 21.5 Å². The molecule has 9 heteroatoms. The highest BCUT2D eigenvalue weighted by molar-refractivity contribution is 7.99. The molecule has 1 aromatic heterocycles. The van der Waals surface area contributed by atoms with E-state index in [0.29, 0.717) is 34.8 Å². The standard InChI is InChI=1S/C25H23Cl2N3O3S/c1-2-31-21-11-13-23(14-12-21)33-17-24-28-29-25(30(24)20-7-3-18(26)4-8-20)34-16-15-32-22-9-5-19(27)6-10-22/h3-14H,2,15-17H2,1H3. The average molecular weight is 516 g/mol. The highest BCUT2D eigenvalue weighted by Gasteiger charge is 2.15. The van der Waals surface area contributed by atoms with Gasteiger partial charge in [-0.3, -0.25) is 4.57 Å².